The molecule has 0 bridgehead atoms. The van der Waals surface area contributed by atoms with E-state index in [-0.39, 0.29) is 5.97 Å². The lowest BCUT2D eigenvalue weighted by atomic mass is 10.2. The number of esters is 1. The molecule has 100 valence electrons. The standard InChI is InChI=1S/C17H15NO2/c1-20-17(19)15-11-5-6-12-16(15)18-13-7-10-14-8-3-2-4-9-14/h2-13H,1H3/b10-7+,18-13?. The summed E-state index contributed by atoms with van der Waals surface area (Å²) in [6.07, 6.45) is 5.45. The van der Waals surface area contributed by atoms with Crippen LogP contribution in [0, 0.1) is 0 Å². The Bertz CT molecular complexity index is 630. The summed E-state index contributed by atoms with van der Waals surface area (Å²) >= 11 is 0. The van der Waals surface area contributed by atoms with Gasteiger partial charge < -0.3 is 4.74 Å². The van der Waals surface area contributed by atoms with Crippen molar-refractivity contribution in [3.63, 3.8) is 0 Å². The average molecular weight is 265 g/mol. The van der Waals surface area contributed by atoms with E-state index < -0.39 is 0 Å². The zero-order chi connectivity index (χ0) is 14.2. The molecule has 0 N–H and O–H groups in total. The Labute approximate surface area is 118 Å². The van der Waals surface area contributed by atoms with Gasteiger partial charge in [-0.25, -0.2) is 4.79 Å². The third-order valence-corrected chi connectivity index (χ3v) is 2.70. The van der Waals surface area contributed by atoms with Gasteiger partial charge in [-0.2, -0.15) is 0 Å². The van der Waals surface area contributed by atoms with Crippen molar-refractivity contribution in [1.29, 1.82) is 0 Å². The van der Waals surface area contributed by atoms with Crippen molar-refractivity contribution in [2.24, 2.45) is 4.99 Å². The first-order valence-electron chi connectivity index (χ1n) is 6.24. The van der Waals surface area contributed by atoms with Crippen LogP contribution in [0.1, 0.15) is 15.9 Å². The summed E-state index contributed by atoms with van der Waals surface area (Å²) in [4.78, 5) is 15.9. The van der Waals surface area contributed by atoms with Crippen molar-refractivity contribution >= 4 is 23.9 Å². The molecule has 2 rings (SSSR count). The van der Waals surface area contributed by atoms with E-state index in [2.05, 4.69) is 4.99 Å². The van der Waals surface area contributed by atoms with Gasteiger partial charge in [-0.15, -0.1) is 0 Å². The number of carbonyl (C=O) groups excluding carboxylic acids is 1. The minimum atomic E-state index is -0.384. The maximum Gasteiger partial charge on any atom is 0.340 e. The zero-order valence-electron chi connectivity index (χ0n) is 11.2. The van der Waals surface area contributed by atoms with Crippen LogP contribution >= 0.6 is 0 Å². The number of aliphatic imine (C=N–C) groups is 1. The van der Waals surface area contributed by atoms with Crippen molar-refractivity contribution < 1.29 is 9.53 Å². The van der Waals surface area contributed by atoms with Crippen LogP contribution in [0.3, 0.4) is 0 Å². The average Bonchev–Trinajstić information content (AvgIpc) is 2.52. The lowest BCUT2D eigenvalue weighted by molar-refractivity contribution is 0.0602. The highest BCUT2D eigenvalue weighted by molar-refractivity contribution is 5.96. The minimum absolute atomic E-state index is 0.384. The quantitative estimate of drug-likeness (QED) is 0.621. The second-order valence-corrected chi connectivity index (χ2v) is 4.06. The fourth-order valence-corrected chi connectivity index (χ4v) is 1.71. The van der Waals surface area contributed by atoms with Crippen LogP contribution in [-0.4, -0.2) is 19.3 Å². The Morgan fingerprint density at radius 2 is 1.75 bits per heavy atom. The van der Waals surface area contributed by atoms with Crippen molar-refractivity contribution in [1.82, 2.24) is 0 Å². The zero-order valence-corrected chi connectivity index (χ0v) is 11.2. The molecule has 0 saturated heterocycles. The molecule has 0 aromatic heterocycles. The molecule has 0 atom stereocenters. The van der Waals surface area contributed by atoms with Gasteiger partial charge >= 0.3 is 5.97 Å². The van der Waals surface area contributed by atoms with Crippen LogP contribution < -0.4 is 0 Å². The highest BCUT2D eigenvalue weighted by atomic mass is 16.5. The molecule has 2 aromatic carbocycles. The molecule has 0 unspecified atom stereocenters. The molecular weight excluding hydrogens is 250 g/mol. The summed E-state index contributed by atoms with van der Waals surface area (Å²) in [5.41, 5.74) is 2.15. The Morgan fingerprint density at radius 3 is 2.50 bits per heavy atom. The lowest BCUT2D eigenvalue weighted by Crippen LogP contribution is -2.00. The molecular formula is C17H15NO2. The summed E-state index contributed by atoms with van der Waals surface area (Å²) in [5.74, 6) is -0.384. The first-order valence-corrected chi connectivity index (χ1v) is 6.24. The van der Waals surface area contributed by atoms with Gasteiger partial charge in [-0.05, 0) is 23.8 Å². The molecule has 0 spiro atoms. The molecule has 0 saturated carbocycles. The van der Waals surface area contributed by atoms with Crippen LogP contribution in [-0.2, 0) is 4.74 Å². The molecule has 3 heteroatoms. The van der Waals surface area contributed by atoms with Gasteiger partial charge in [0.25, 0.3) is 0 Å². The Balaban J connectivity index is 2.12. The summed E-state index contributed by atoms with van der Waals surface area (Å²) in [7, 11) is 1.36. The largest absolute Gasteiger partial charge is 0.465 e. The smallest absolute Gasteiger partial charge is 0.340 e. The molecule has 2 aromatic rings. The number of ether oxygens (including phenoxy) is 1. The molecule has 0 fully saturated rings. The normalized spacial score (nSPS) is 11.1. The number of benzene rings is 2. The minimum Gasteiger partial charge on any atom is -0.465 e. The molecule has 0 aliphatic carbocycles. The van der Waals surface area contributed by atoms with Crippen molar-refractivity contribution in [2.45, 2.75) is 0 Å². The number of carbonyl (C=O) groups is 1. The van der Waals surface area contributed by atoms with E-state index >= 15 is 0 Å². The van der Waals surface area contributed by atoms with Crippen LogP contribution in [0.5, 0.6) is 0 Å². The van der Waals surface area contributed by atoms with Gasteiger partial charge in [-0.1, -0.05) is 48.5 Å². The van der Waals surface area contributed by atoms with E-state index in [0.29, 0.717) is 11.3 Å². The van der Waals surface area contributed by atoms with Gasteiger partial charge in [0.2, 0.25) is 0 Å². The van der Waals surface area contributed by atoms with E-state index in [1.165, 1.54) is 7.11 Å². The second-order valence-electron chi connectivity index (χ2n) is 4.06. The molecule has 20 heavy (non-hydrogen) atoms. The third-order valence-electron chi connectivity index (χ3n) is 2.70. The second kappa shape index (κ2) is 7.04. The van der Waals surface area contributed by atoms with Gasteiger partial charge in [0.15, 0.2) is 0 Å². The summed E-state index contributed by atoms with van der Waals surface area (Å²) < 4.78 is 4.72. The number of hydrogen-bond donors (Lipinski definition) is 0. The van der Waals surface area contributed by atoms with Crippen LogP contribution in [0.2, 0.25) is 0 Å². The van der Waals surface area contributed by atoms with E-state index in [4.69, 9.17) is 4.74 Å². The molecule has 0 radical (unpaired) electrons. The summed E-state index contributed by atoms with van der Waals surface area (Å²) in [5, 5.41) is 0. The monoisotopic (exact) mass is 265 g/mol. The highest BCUT2D eigenvalue weighted by Gasteiger charge is 2.08. The number of rotatable bonds is 4. The first kappa shape index (κ1) is 13.7. The maximum absolute atomic E-state index is 11.6. The van der Waals surface area contributed by atoms with Crippen molar-refractivity contribution in [2.75, 3.05) is 7.11 Å². The fraction of sp³-hybridized carbons (Fsp3) is 0.0588. The maximum atomic E-state index is 11.6. The number of allylic oxidation sites excluding steroid dienone is 1. The van der Waals surface area contributed by atoms with Crippen molar-refractivity contribution in [3.05, 3.63) is 71.8 Å². The lowest BCUT2D eigenvalue weighted by Gasteiger charge is -2.01. The molecule has 3 nitrogen and oxygen atoms in total. The van der Waals surface area contributed by atoms with E-state index in [1.807, 2.05) is 48.6 Å². The van der Waals surface area contributed by atoms with E-state index in [1.54, 1.807) is 24.4 Å². The topological polar surface area (TPSA) is 38.7 Å². The highest BCUT2D eigenvalue weighted by Crippen LogP contribution is 2.18. The first-order chi connectivity index (χ1) is 9.81. The van der Waals surface area contributed by atoms with Gasteiger partial charge in [0.05, 0.1) is 18.4 Å². The fourth-order valence-electron chi connectivity index (χ4n) is 1.71. The molecule has 0 aliphatic heterocycles. The summed E-state index contributed by atoms with van der Waals surface area (Å²) in [6.45, 7) is 0. The predicted molar refractivity (Wildman–Crippen MR) is 81.4 cm³/mol. The SMILES string of the molecule is COC(=O)c1ccccc1N=C/C=C/c1ccccc1. The van der Waals surface area contributed by atoms with Gasteiger partial charge in [0, 0.05) is 6.21 Å². The number of para-hydroxylation sites is 1. The van der Waals surface area contributed by atoms with E-state index in [0.717, 1.165) is 5.56 Å². The van der Waals surface area contributed by atoms with Crippen LogP contribution in [0.25, 0.3) is 6.08 Å². The predicted octanol–water partition coefficient (Wildman–Crippen LogP) is 3.89. The Morgan fingerprint density at radius 1 is 1.05 bits per heavy atom. The van der Waals surface area contributed by atoms with Gasteiger partial charge in [0.1, 0.15) is 0 Å². The third kappa shape index (κ3) is 3.65. The number of nitrogens with zero attached hydrogens (tertiary/aromatic N) is 1. The molecule has 0 aliphatic rings. The van der Waals surface area contributed by atoms with Gasteiger partial charge in [-0.3, -0.25) is 4.99 Å². The molecule has 0 amide bonds. The Kier molecular flexibility index (Phi) is 4.84. The summed E-state index contributed by atoms with van der Waals surface area (Å²) in [6, 6.07) is 17.0. The van der Waals surface area contributed by atoms with Crippen molar-refractivity contribution in [3.8, 4) is 0 Å². The molecule has 0 heterocycles. The Hall–Kier alpha value is -2.68. The van der Waals surface area contributed by atoms with Crippen LogP contribution in [0.15, 0.2) is 65.7 Å². The van der Waals surface area contributed by atoms with E-state index in [9.17, 15) is 4.79 Å². The number of methoxy groups -OCH3 is 1. The van der Waals surface area contributed by atoms with Crippen LogP contribution in [0.4, 0.5) is 5.69 Å². The number of hydrogen-bond acceptors (Lipinski definition) is 3.